The number of methoxy groups -OCH3 is 1. The van der Waals surface area contributed by atoms with Crippen molar-refractivity contribution in [2.45, 2.75) is 104 Å². The Morgan fingerprint density at radius 3 is 2.11 bits per heavy atom. The molecule has 0 atom stereocenters. The summed E-state index contributed by atoms with van der Waals surface area (Å²) in [6.07, 6.45) is 20.5. The first-order valence-corrected chi connectivity index (χ1v) is 16.7. The Hall–Kier alpha value is -3.80. The van der Waals surface area contributed by atoms with Gasteiger partial charge < -0.3 is 18.8 Å². The Labute approximate surface area is 264 Å². The summed E-state index contributed by atoms with van der Waals surface area (Å²) in [5.74, 6) is 2.44. The zero-order valence-electron chi connectivity index (χ0n) is 27.1. The predicted molar refractivity (Wildman–Crippen MR) is 181 cm³/mol. The van der Waals surface area contributed by atoms with E-state index in [-0.39, 0.29) is 5.91 Å². The first kappa shape index (κ1) is 33.1. The fourth-order valence-electron chi connectivity index (χ4n) is 5.73. The number of hydrogen-bond acceptors (Lipinski definition) is 4. The van der Waals surface area contributed by atoms with E-state index in [0.717, 1.165) is 52.5 Å². The third-order valence-corrected chi connectivity index (χ3v) is 8.33. The molecule has 0 aliphatic rings. The molecule has 2 heterocycles. The van der Waals surface area contributed by atoms with Crippen LogP contribution in [0, 0.1) is 0 Å². The number of imidazole rings is 1. The van der Waals surface area contributed by atoms with Gasteiger partial charge in [-0.05, 0) is 53.9 Å². The fraction of sp³-hybridized carbons (Fsp3) is 0.474. The summed E-state index contributed by atoms with van der Waals surface area (Å²) in [7, 11) is 1.67. The van der Waals surface area contributed by atoms with Gasteiger partial charge in [0.05, 0.1) is 32.0 Å². The molecule has 0 aliphatic heterocycles. The molecule has 44 heavy (non-hydrogen) atoms. The van der Waals surface area contributed by atoms with Gasteiger partial charge in [-0.15, -0.1) is 0 Å². The first-order valence-electron chi connectivity index (χ1n) is 16.7. The maximum Gasteiger partial charge on any atom is 0.224 e. The highest BCUT2D eigenvalue weighted by Gasteiger charge is 2.15. The molecule has 0 unspecified atom stereocenters. The van der Waals surface area contributed by atoms with Gasteiger partial charge in [0.2, 0.25) is 5.91 Å². The number of anilines is 1. The molecule has 6 nitrogen and oxygen atoms in total. The maximum atomic E-state index is 12.7. The molecular formula is C38H51N3O3. The minimum absolute atomic E-state index is 0.00761. The summed E-state index contributed by atoms with van der Waals surface area (Å²) in [6, 6.07) is 20.2. The van der Waals surface area contributed by atoms with Crippen LogP contribution in [-0.2, 0) is 17.8 Å². The number of carbonyl (C=O) groups excluding carboxylic acids is 1. The number of fused-ring (bicyclic) bond motifs is 1. The average molecular weight is 598 g/mol. The Morgan fingerprint density at radius 2 is 1.45 bits per heavy atom. The van der Waals surface area contributed by atoms with E-state index in [0.29, 0.717) is 13.2 Å². The number of unbranched alkanes of at least 4 members (excludes halogenated alkanes) is 11. The quantitative estimate of drug-likeness (QED) is 0.0952. The highest BCUT2D eigenvalue weighted by atomic mass is 16.5. The highest BCUT2D eigenvalue weighted by Crippen LogP contribution is 2.30. The van der Waals surface area contributed by atoms with Crippen molar-refractivity contribution in [3.63, 3.8) is 0 Å². The fourth-order valence-corrected chi connectivity index (χ4v) is 5.73. The minimum Gasteiger partial charge on any atom is -0.493 e. The second-order valence-electron chi connectivity index (χ2n) is 11.8. The van der Waals surface area contributed by atoms with Crippen LogP contribution < -0.4 is 14.4 Å². The SMILES string of the molecule is CCCCCCCCCCCCCCOc1cc(CN(C(C)=O)c2ccc(Cc3ncc4ccccn34)cc2)ccc1OC. The third kappa shape index (κ3) is 10.1. The van der Waals surface area contributed by atoms with Gasteiger partial charge in [-0.25, -0.2) is 4.98 Å². The zero-order chi connectivity index (χ0) is 31.0. The van der Waals surface area contributed by atoms with E-state index < -0.39 is 0 Å². The van der Waals surface area contributed by atoms with E-state index in [1.54, 1.807) is 18.9 Å². The number of benzene rings is 2. The van der Waals surface area contributed by atoms with Crippen molar-refractivity contribution in [2.75, 3.05) is 18.6 Å². The van der Waals surface area contributed by atoms with Crippen molar-refractivity contribution in [1.29, 1.82) is 0 Å². The number of ether oxygens (including phenoxy) is 2. The lowest BCUT2D eigenvalue weighted by atomic mass is 10.1. The molecule has 0 fully saturated rings. The molecule has 0 saturated carbocycles. The number of hydrogen-bond donors (Lipinski definition) is 0. The topological polar surface area (TPSA) is 56.1 Å². The second-order valence-corrected chi connectivity index (χ2v) is 11.8. The molecule has 0 N–H and O–H groups in total. The van der Waals surface area contributed by atoms with Crippen LogP contribution in [0.3, 0.4) is 0 Å². The van der Waals surface area contributed by atoms with E-state index in [4.69, 9.17) is 9.47 Å². The maximum absolute atomic E-state index is 12.7. The van der Waals surface area contributed by atoms with Gasteiger partial charge >= 0.3 is 0 Å². The van der Waals surface area contributed by atoms with Crippen molar-refractivity contribution < 1.29 is 14.3 Å². The lowest BCUT2D eigenvalue weighted by Gasteiger charge is -2.22. The number of amides is 1. The Kier molecular flexibility index (Phi) is 13.6. The summed E-state index contributed by atoms with van der Waals surface area (Å²) in [5, 5.41) is 0. The second kappa shape index (κ2) is 18.1. The molecule has 0 saturated heterocycles. The zero-order valence-corrected chi connectivity index (χ0v) is 27.1. The van der Waals surface area contributed by atoms with Crippen LogP contribution in [0.25, 0.3) is 5.52 Å². The van der Waals surface area contributed by atoms with Crippen molar-refractivity contribution in [1.82, 2.24) is 9.38 Å². The number of rotatable bonds is 20. The molecule has 2 aromatic carbocycles. The molecule has 4 aromatic rings. The molecule has 0 radical (unpaired) electrons. The first-order chi connectivity index (χ1) is 21.6. The van der Waals surface area contributed by atoms with Crippen molar-refractivity contribution in [3.8, 4) is 11.5 Å². The molecule has 4 rings (SSSR count). The number of nitrogens with zero attached hydrogens (tertiary/aromatic N) is 3. The van der Waals surface area contributed by atoms with Crippen LogP contribution in [0.4, 0.5) is 5.69 Å². The standard InChI is InChI=1S/C38H51N3O3/c1-4-5-6-7-8-9-10-11-12-13-14-17-26-44-37-27-33(21-24-36(37)43-3)30-41(31(2)42)34-22-19-32(20-23-34)28-38-39-29-35-18-15-16-25-40(35)38/h15-16,18-25,27,29H,4-14,17,26,28,30H2,1-3H3. The van der Waals surface area contributed by atoms with Gasteiger partial charge in [-0.3, -0.25) is 4.79 Å². The number of carbonyl (C=O) groups is 1. The van der Waals surface area contributed by atoms with Crippen molar-refractivity contribution in [3.05, 3.63) is 90.0 Å². The molecule has 0 spiro atoms. The minimum atomic E-state index is -0.00761. The number of pyridine rings is 1. The van der Waals surface area contributed by atoms with Crippen LogP contribution in [0.2, 0.25) is 0 Å². The van der Waals surface area contributed by atoms with Crippen molar-refractivity contribution in [2.24, 2.45) is 0 Å². The normalized spacial score (nSPS) is 11.2. The summed E-state index contributed by atoms with van der Waals surface area (Å²) in [4.78, 5) is 19.1. The van der Waals surface area contributed by atoms with Crippen LogP contribution in [0.5, 0.6) is 11.5 Å². The van der Waals surface area contributed by atoms with Gasteiger partial charge in [0.15, 0.2) is 11.5 Å². The summed E-state index contributed by atoms with van der Waals surface area (Å²) < 4.78 is 13.8. The third-order valence-electron chi connectivity index (χ3n) is 8.33. The highest BCUT2D eigenvalue weighted by molar-refractivity contribution is 5.91. The van der Waals surface area contributed by atoms with Crippen LogP contribution >= 0.6 is 0 Å². The van der Waals surface area contributed by atoms with Crippen molar-refractivity contribution >= 4 is 17.1 Å². The van der Waals surface area contributed by atoms with Crippen LogP contribution in [0.15, 0.2) is 73.1 Å². The monoisotopic (exact) mass is 597 g/mol. The molecule has 1 amide bonds. The molecule has 0 aliphatic carbocycles. The molecule has 0 bridgehead atoms. The van der Waals surface area contributed by atoms with Gasteiger partial charge in [0, 0.05) is 25.2 Å². The van der Waals surface area contributed by atoms with Crippen LogP contribution in [-0.4, -0.2) is 29.0 Å². The van der Waals surface area contributed by atoms with Gasteiger partial charge in [-0.1, -0.05) is 102 Å². The lowest BCUT2D eigenvalue weighted by Crippen LogP contribution is -2.27. The van der Waals surface area contributed by atoms with Gasteiger partial charge in [-0.2, -0.15) is 0 Å². The Morgan fingerprint density at radius 1 is 0.795 bits per heavy atom. The van der Waals surface area contributed by atoms with E-state index >= 15 is 0 Å². The van der Waals surface area contributed by atoms with Gasteiger partial charge in [0.25, 0.3) is 0 Å². The summed E-state index contributed by atoms with van der Waals surface area (Å²) in [5.41, 5.74) is 4.09. The average Bonchev–Trinajstić information content (AvgIpc) is 3.45. The van der Waals surface area contributed by atoms with Gasteiger partial charge in [0.1, 0.15) is 5.82 Å². The molecular weight excluding hydrogens is 546 g/mol. The van der Waals surface area contributed by atoms with E-state index in [1.807, 2.05) is 54.9 Å². The summed E-state index contributed by atoms with van der Waals surface area (Å²) >= 11 is 0. The Bertz CT molecular complexity index is 1410. The van der Waals surface area contributed by atoms with E-state index in [1.165, 1.54) is 70.6 Å². The predicted octanol–water partition coefficient (Wildman–Crippen LogP) is 9.57. The lowest BCUT2D eigenvalue weighted by molar-refractivity contribution is -0.116. The Balaban J connectivity index is 1.24. The molecule has 2 aromatic heterocycles. The van der Waals surface area contributed by atoms with Crippen LogP contribution in [0.1, 0.15) is 108 Å². The summed E-state index contributed by atoms with van der Waals surface area (Å²) in [6.45, 7) is 5.01. The van der Waals surface area contributed by atoms with E-state index in [9.17, 15) is 4.79 Å². The smallest absolute Gasteiger partial charge is 0.224 e. The molecule has 236 valence electrons. The molecule has 6 heteroatoms. The largest absolute Gasteiger partial charge is 0.493 e. The van der Waals surface area contributed by atoms with E-state index in [2.05, 4.69) is 34.5 Å². The number of aromatic nitrogens is 2.